The molecule has 1 fully saturated rings. The van der Waals surface area contributed by atoms with Crippen LogP contribution >= 0.6 is 22.7 Å². The van der Waals surface area contributed by atoms with Gasteiger partial charge < -0.3 is 10.1 Å². The fourth-order valence-corrected chi connectivity index (χ4v) is 4.58. The number of aromatic nitrogens is 1. The summed E-state index contributed by atoms with van der Waals surface area (Å²) in [7, 11) is 0. The second-order valence-corrected chi connectivity index (χ2v) is 8.23. The first kappa shape index (κ1) is 18.5. The summed E-state index contributed by atoms with van der Waals surface area (Å²) in [5.74, 6) is 0.531. The quantitative estimate of drug-likeness (QED) is 0.804. The Bertz CT molecular complexity index is 664. The number of hydrogen-bond acceptors (Lipinski definition) is 6. The molecule has 5 nitrogen and oxygen atoms in total. The zero-order valence-electron chi connectivity index (χ0n) is 14.7. The average Bonchev–Trinajstić information content (AvgIpc) is 3.27. The van der Waals surface area contributed by atoms with Gasteiger partial charge in [0.05, 0.1) is 25.3 Å². The van der Waals surface area contributed by atoms with Gasteiger partial charge in [0, 0.05) is 42.0 Å². The molecule has 1 aliphatic heterocycles. The fraction of sp³-hybridized carbons (Fsp3) is 0.556. The number of amides is 1. The van der Waals surface area contributed by atoms with Gasteiger partial charge in [-0.1, -0.05) is 13.8 Å². The Morgan fingerprint density at radius 1 is 1.36 bits per heavy atom. The van der Waals surface area contributed by atoms with E-state index < -0.39 is 0 Å². The zero-order chi connectivity index (χ0) is 17.6. The summed E-state index contributed by atoms with van der Waals surface area (Å²) in [6.07, 6.45) is 0.342. The fourth-order valence-electron chi connectivity index (χ4n) is 3.05. The highest BCUT2D eigenvalue weighted by Crippen LogP contribution is 2.25. The Morgan fingerprint density at radius 2 is 2.16 bits per heavy atom. The van der Waals surface area contributed by atoms with Gasteiger partial charge in [0.15, 0.2) is 0 Å². The minimum Gasteiger partial charge on any atom is -0.379 e. The van der Waals surface area contributed by atoms with Crippen LogP contribution in [0.4, 0.5) is 0 Å². The lowest BCUT2D eigenvalue weighted by atomic mass is 10.0. The van der Waals surface area contributed by atoms with E-state index in [1.807, 2.05) is 10.8 Å². The third-order valence-corrected chi connectivity index (χ3v) is 6.08. The highest BCUT2D eigenvalue weighted by atomic mass is 32.1. The zero-order valence-corrected chi connectivity index (χ0v) is 16.4. The summed E-state index contributed by atoms with van der Waals surface area (Å²) in [5.41, 5.74) is 1.98. The van der Waals surface area contributed by atoms with Gasteiger partial charge in [0.25, 0.3) is 0 Å². The predicted molar refractivity (Wildman–Crippen MR) is 103 cm³/mol. The molecule has 0 radical (unpaired) electrons. The molecule has 1 unspecified atom stereocenters. The molecule has 1 aliphatic rings. The van der Waals surface area contributed by atoms with E-state index in [2.05, 4.69) is 40.5 Å². The molecule has 0 bridgehead atoms. The highest BCUT2D eigenvalue weighted by Gasteiger charge is 2.24. The summed E-state index contributed by atoms with van der Waals surface area (Å²) in [4.78, 5) is 19.3. The number of thiazole rings is 1. The summed E-state index contributed by atoms with van der Waals surface area (Å²) in [6.45, 7) is 8.53. The van der Waals surface area contributed by atoms with Crippen molar-refractivity contribution >= 4 is 28.6 Å². The number of nitrogens with one attached hydrogen (secondary N) is 1. The van der Waals surface area contributed by atoms with Crippen LogP contribution in [0.1, 0.15) is 19.5 Å². The van der Waals surface area contributed by atoms with Crippen molar-refractivity contribution in [2.45, 2.75) is 26.3 Å². The van der Waals surface area contributed by atoms with Gasteiger partial charge in [-0.15, -0.1) is 11.3 Å². The number of carbonyl (C=O) groups excluding carboxylic acids is 1. The average molecular weight is 380 g/mol. The van der Waals surface area contributed by atoms with E-state index in [0.29, 0.717) is 24.9 Å². The molecule has 7 heteroatoms. The Kier molecular flexibility index (Phi) is 6.58. The summed E-state index contributed by atoms with van der Waals surface area (Å²) in [6, 6.07) is 2.41. The third kappa shape index (κ3) is 5.10. The van der Waals surface area contributed by atoms with E-state index in [4.69, 9.17) is 4.74 Å². The standard InChI is InChI=1S/C18H25N3O2S2/c1-13(2)16(21-4-6-23-7-5-21)10-19-17(22)9-15-12-25-18(20-15)14-3-8-24-11-14/h3,8,11-13,16H,4-7,9-10H2,1-2H3,(H,19,22). The van der Waals surface area contributed by atoms with Crippen LogP contribution in [0.3, 0.4) is 0 Å². The van der Waals surface area contributed by atoms with Crippen LogP contribution in [0.5, 0.6) is 0 Å². The van der Waals surface area contributed by atoms with E-state index >= 15 is 0 Å². The number of thiophene rings is 1. The molecule has 1 saturated heterocycles. The number of rotatable bonds is 7. The molecule has 2 aromatic heterocycles. The van der Waals surface area contributed by atoms with Crippen LogP contribution in [-0.2, 0) is 16.0 Å². The highest BCUT2D eigenvalue weighted by molar-refractivity contribution is 7.14. The van der Waals surface area contributed by atoms with Crippen molar-refractivity contribution in [2.75, 3.05) is 32.8 Å². The van der Waals surface area contributed by atoms with Gasteiger partial charge in [0.2, 0.25) is 5.91 Å². The van der Waals surface area contributed by atoms with Gasteiger partial charge in [-0.25, -0.2) is 4.98 Å². The monoisotopic (exact) mass is 379 g/mol. The third-order valence-electron chi connectivity index (χ3n) is 4.45. The van der Waals surface area contributed by atoms with Crippen LogP contribution < -0.4 is 5.32 Å². The minimum absolute atomic E-state index is 0.0427. The van der Waals surface area contributed by atoms with Gasteiger partial charge >= 0.3 is 0 Å². The van der Waals surface area contributed by atoms with E-state index in [9.17, 15) is 4.79 Å². The molecule has 0 saturated carbocycles. The van der Waals surface area contributed by atoms with Crippen molar-refractivity contribution in [3.63, 3.8) is 0 Å². The summed E-state index contributed by atoms with van der Waals surface area (Å²) in [5, 5.41) is 10.2. The molecule has 25 heavy (non-hydrogen) atoms. The van der Waals surface area contributed by atoms with E-state index in [-0.39, 0.29) is 5.91 Å². The maximum atomic E-state index is 12.3. The Labute approximate surface area is 157 Å². The van der Waals surface area contributed by atoms with E-state index in [0.717, 1.165) is 42.6 Å². The second-order valence-electron chi connectivity index (χ2n) is 6.60. The van der Waals surface area contributed by atoms with Crippen LogP contribution in [-0.4, -0.2) is 54.7 Å². The largest absolute Gasteiger partial charge is 0.379 e. The molecule has 0 aliphatic carbocycles. The molecule has 0 aromatic carbocycles. The Hall–Kier alpha value is -1.28. The molecule has 1 amide bonds. The lowest BCUT2D eigenvalue weighted by Crippen LogP contribution is -2.51. The van der Waals surface area contributed by atoms with E-state index in [1.165, 1.54) is 0 Å². The number of hydrogen-bond donors (Lipinski definition) is 1. The minimum atomic E-state index is 0.0427. The van der Waals surface area contributed by atoms with Crippen molar-refractivity contribution in [3.8, 4) is 10.6 Å². The van der Waals surface area contributed by atoms with Crippen molar-refractivity contribution in [1.29, 1.82) is 0 Å². The van der Waals surface area contributed by atoms with E-state index in [1.54, 1.807) is 22.7 Å². The normalized spacial score (nSPS) is 16.9. The molecule has 1 N–H and O–H groups in total. The Balaban J connectivity index is 1.51. The number of morpholine rings is 1. The number of carbonyl (C=O) groups is 1. The SMILES string of the molecule is CC(C)C(CNC(=O)Cc1csc(-c2ccsc2)n1)N1CCOCC1. The lowest BCUT2D eigenvalue weighted by Gasteiger charge is -2.36. The van der Waals surface area contributed by atoms with Crippen molar-refractivity contribution in [1.82, 2.24) is 15.2 Å². The first-order chi connectivity index (χ1) is 12.1. The van der Waals surface area contributed by atoms with Crippen LogP contribution in [0.15, 0.2) is 22.2 Å². The number of nitrogens with zero attached hydrogens (tertiary/aromatic N) is 2. The second kappa shape index (κ2) is 8.89. The first-order valence-corrected chi connectivity index (χ1v) is 10.5. The number of ether oxygens (including phenoxy) is 1. The predicted octanol–water partition coefficient (Wildman–Crippen LogP) is 2.89. The lowest BCUT2D eigenvalue weighted by molar-refractivity contribution is -0.120. The molecule has 3 rings (SSSR count). The molecule has 0 spiro atoms. The molecule has 136 valence electrons. The topological polar surface area (TPSA) is 54.5 Å². The van der Waals surface area contributed by atoms with Crippen molar-refractivity contribution in [3.05, 3.63) is 27.9 Å². The maximum Gasteiger partial charge on any atom is 0.226 e. The molecule has 3 heterocycles. The van der Waals surface area contributed by atoms with Gasteiger partial charge in [-0.3, -0.25) is 9.69 Å². The molecule has 2 aromatic rings. The van der Waals surface area contributed by atoms with Crippen LogP contribution in [0.25, 0.3) is 10.6 Å². The van der Waals surface area contributed by atoms with Gasteiger partial charge in [-0.05, 0) is 17.4 Å². The first-order valence-electron chi connectivity index (χ1n) is 8.69. The van der Waals surface area contributed by atoms with Crippen molar-refractivity contribution < 1.29 is 9.53 Å². The van der Waals surface area contributed by atoms with Crippen LogP contribution in [0, 0.1) is 5.92 Å². The van der Waals surface area contributed by atoms with Crippen LogP contribution in [0.2, 0.25) is 0 Å². The van der Waals surface area contributed by atoms with Gasteiger partial charge in [0.1, 0.15) is 5.01 Å². The maximum absolute atomic E-state index is 12.3. The molecular weight excluding hydrogens is 354 g/mol. The summed E-state index contributed by atoms with van der Waals surface area (Å²) < 4.78 is 5.43. The molecule has 1 atom stereocenters. The van der Waals surface area contributed by atoms with Crippen molar-refractivity contribution in [2.24, 2.45) is 5.92 Å². The summed E-state index contributed by atoms with van der Waals surface area (Å²) >= 11 is 3.25. The van der Waals surface area contributed by atoms with Gasteiger partial charge in [-0.2, -0.15) is 11.3 Å². The smallest absolute Gasteiger partial charge is 0.226 e. The Morgan fingerprint density at radius 3 is 2.84 bits per heavy atom. The molecular formula is C18H25N3O2S2.